The quantitative estimate of drug-likeness (QED) is 0.345. The van der Waals surface area contributed by atoms with Gasteiger partial charge in [0.25, 0.3) is 0 Å². The summed E-state index contributed by atoms with van der Waals surface area (Å²) in [6.07, 6.45) is 0. The molecule has 4 heavy (non-hydrogen) atoms. The molecule has 0 radical (unpaired) electrons. The zero-order valence-electron chi connectivity index (χ0n) is 2.14. The fraction of sp³-hybridized carbons (Fsp3) is 0. The summed E-state index contributed by atoms with van der Waals surface area (Å²) in [5, 5.41) is 0. The van der Waals surface area contributed by atoms with E-state index in [1.807, 2.05) is 0 Å². The third-order valence-corrected chi connectivity index (χ3v) is 0. The minimum Gasteiger partial charge on any atom is -2.00 e. The predicted molar refractivity (Wildman–Crippen MR) is 14.1 cm³/mol. The van der Waals surface area contributed by atoms with Crippen LogP contribution in [0.25, 0.3) is 0 Å². The van der Waals surface area contributed by atoms with Crippen molar-refractivity contribution in [2.45, 2.75) is 0 Å². The average molecular weight is 84.3 g/mol. The minimum atomic E-state index is 0. The first-order chi connectivity index (χ1) is 0. The summed E-state index contributed by atoms with van der Waals surface area (Å²) < 4.78 is 0. The van der Waals surface area contributed by atoms with E-state index in [9.17, 15) is 0 Å². The van der Waals surface area contributed by atoms with E-state index in [-0.39, 0.29) is 51.4 Å². The molecule has 0 saturated heterocycles. The molecule has 16 valence electrons. The van der Waals surface area contributed by atoms with Gasteiger partial charge in [0.15, 0.2) is 0 Å². The van der Waals surface area contributed by atoms with Crippen molar-refractivity contribution < 1.29 is 11.0 Å². The summed E-state index contributed by atoms with van der Waals surface area (Å²) in [7, 11) is 0. The van der Waals surface area contributed by atoms with Crippen molar-refractivity contribution in [1.29, 1.82) is 0 Å². The molecule has 4 heteroatoms. The SMILES string of the molecule is [Al+3].[Mg+2].[O-2].[OH-]. The molecule has 2 nitrogen and oxygen atoms in total. The number of hydrogen-bond donors (Lipinski definition) is 0. The molecular formula is HAlMgO2+2. The van der Waals surface area contributed by atoms with Crippen LogP contribution in [0.5, 0.6) is 0 Å². The second kappa shape index (κ2) is 29.4. The molecule has 0 heterocycles. The third-order valence-electron chi connectivity index (χ3n) is 0. The van der Waals surface area contributed by atoms with Crippen LogP contribution in [-0.4, -0.2) is 45.9 Å². The van der Waals surface area contributed by atoms with Gasteiger partial charge in [-0.1, -0.05) is 0 Å². The molecule has 0 spiro atoms. The van der Waals surface area contributed by atoms with Crippen LogP contribution in [0.3, 0.4) is 0 Å². The van der Waals surface area contributed by atoms with Gasteiger partial charge in [0.05, 0.1) is 0 Å². The van der Waals surface area contributed by atoms with Crippen LogP contribution >= 0.6 is 0 Å². The number of rotatable bonds is 0. The van der Waals surface area contributed by atoms with Gasteiger partial charge in [-0.3, -0.25) is 0 Å². The van der Waals surface area contributed by atoms with E-state index in [2.05, 4.69) is 0 Å². The zero-order valence-corrected chi connectivity index (χ0v) is 4.71. The van der Waals surface area contributed by atoms with Gasteiger partial charge in [-0.15, -0.1) is 0 Å². The average Bonchev–Trinajstić information content (AvgIpc) is 0. The van der Waals surface area contributed by atoms with Gasteiger partial charge < -0.3 is 11.0 Å². The van der Waals surface area contributed by atoms with E-state index < -0.39 is 0 Å². The Kier molecular flexibility index (Phi) is 460. The van der Waals surface area contributed by atoms with Gasteiger partial charge in [0.2, 0.25) is 0 Å². The Balaban J connectivity index is 0. The van der Waals surface area contributed by atoms with Gasteiger partial charge in [-0.25, -0.2) is 0 Å². The van der Waals surface area contributed by atoms with E-state index in [4.69, 9.17) is 0 Å². The molecule has 0 saturated carbocycles. The topological polar surface area (TPSA) is 58.5 Å². The van der Waals surface area contributed by atoms with Crippen molar-refractivity contribution in [3.8, 4) is 0 Å². The van der Waals surface area contributed by atoms with E-state index in [0.29, 0.717) is 0 Å². The molecule has 0 fully saturated rings. The van der Waals surface area contributed by atoms with Crippen LogP contribution in [-0.2, 0) is 5.48 Å². The fourth-order valence-corrected chi connectivity index (χ4v) is 0. The van der Waals surface area contributed by atoms with Crippen LogP contribution in [0.2, 0.25) is 0 Å². The van der Waals surface area contributed by atoms with E-state index in [1.54, 1.807) is 0 Å². The Morgan fingerprint density at radius 2 is 1.00 bits per heavy atom. The molecule has 0 aliphatic heterocycles. The fourth-order valence-electron chi connectivity index (χ4n) is 0. The Morgan fingerprint density at radius 1 is 1.00 bits per heavy atom. The molecule has 0 aromatic carbocycles. The maximum absolute atomic E-state index is 0. The molecule has 1 N–H and O–H groups in total. The Hall–Kier alpha value is 1.22. The van der Waals surface area contributed by atoms with Gasteiger partial charge in [-0.05, 0) is 0 Å². The van der Waals surface area contributed by atoms with Gasteiger partial charge in [-0.2, -0.15) is 0 Å². The first-order valence-electron chi connectivity index (χ1n) is 0. The van der Waals surface area contributed by atoms with Crippen LogP contribution in [0.4, 0.5) is 0 Å². The van der Waals surface area contributed by atoms with Crippen molar-refractivity contribution >= 4 is 40.4 Å². The summed E-state index contributed by atoms with van der Waals surface area (Å²) in [5.74, 6) is 0. The van der Waals surface area contributed by atoms with Crippen molar-refractivity contribution in [2.24, 2.45) is 0 Å². The van der Waals surface area contributed by atoms with E-state index in [1.165, 1.54) is 0 Å². The van der Waals surface area contributed by atoms with Crippen LogP contribution in [0.1, 0.15) is 0 Å². The summed E-state index contributed by atoms with van der Waals surface area (Å²) in [6, 6.07) is 0. The smallest absolute Gasteiger partial charge is 2.00 e. The molecule has 0 atom stereocenters. The van der Waals surface area contributed by atoms with Gasteiger partial charge in [0.1, 0.15) is 0 Å². The maximum atomic E-state index is 0. The molecule has 0 aliphatic rings. The third kappa shape index (κ3) is 10.7. The van der Waals surface area contributed by atoms with Crippen molar-refractivity contribution in [3.05, 3.63) is 0 Å². The minimum absolute atomic E-state index is 0. The van der Waals surface area contributed by atoms with Crippen LogP contribution < -0.4 is 0 Å². The summed E-state index contributed by atoms with van der Waals surface area (Å²) >= 11 is 0. The molecule has 0 bridgehead atoms. The van der Waals surface area contributed by atoms with Crippen molar-refractivity contribution in [2.75, 3.05) is 0 Å². The van der Waals surface area contributed by atoms with Crippen LogP contribution in [0.15, 0.2) is 0 Å². The van der Waals surface area contributed by atoms with Crippen molar-refractivity contribution in [3.63, 3.8) is 0 Å². The zero-order chi connectivity index (χ0) is 0. The molecule has 0 rings (SSSR count). The molecule has 0 aliphatic carbocycles. The predicted octanol–water partition coefficient (Wildman–Crippen LogP) is -1.06. The van der Waals surface area contributed by atoms with E-state index in [0.717, 1.165) is 0 Å². The monoisotopic (exact) mass is 84.0 g/mol. The van der Waals surface area contributed by atoms with Gasteiger partial charge >= 0.3 is 40.4 Å². The normalized spacial score (nSPS) is 0. The molecule has 0 amide bonds. The summed E-state index contributed by atoms with van der Waals surface area (Å²) in [4.78, 5) is 0. The Morgan fingerprint density at radius 3 is 1.00 bits per heavy atom. The Bertz CT molecular complexity index is 6.00. The standard InChI is InChI=1S/Al.Mg.H2O.O/h;;1H2;/q+3;+2;;-2/p-1. The summed E-state index contributed by atoms with van der Waals surface area (Å²) in [6.45, 7) is 0. The summed E-state index contributed by atoms with van der Waals surface area (Å²) in [5.41, 5.74) is 0. The van der Waals surface area contributed by atoms with Gasteiger partial charge in [0, 0.05) is 0 Å². The first-order valence-corrected chi connectivity index (χ1v) is 0. The molecule has 0 unspecified atom stereocenters. The number of hydrogen-bond acceptors (Lipinski definition) is 1. The first kappa shape index (κ1) is 62.5. The maximum Gasteiger partial charge on any atom is 3.00 e. The van der Waals surface area contributed by atoms with Crippen LogP contribution in [0, 0.1) is 0 Å². The second-order valence-corrected chi connectivity index (χ2v) is 0. The Labute approximate surface area is 51.5 Å². The molecule has 0 aromatic heterocycles. The van der Waals surface area contributed by atoms with E-state index >= 15 is 0 Å². The second-order valence-electron chi connectivity index (χ2n) is 0. The molecule has 0 aromatic rings. The largest absolute Gasteiger partial charge is 3.00 e. The van der Waals surface area contributed by atoms with Crippen molar-refractivity contribution in [1.82, 2.24) is 0 Å². The molecular weight excluding hydrogens is 83.3 g/mol.